The Morgan fingerprint density at radius 3 is 2.31 bits per heavy atom. The van der Waals surface area contributed by atoms with E-state index in [0.29, 0.717) is 16.3 Å². The Bertz CT molecular complexity index is 869. The number of halogens is 6. The number of rotatable bonds is 3. The van der Waals surface area contributed by atoms with Gasteiger partial charge in [-0.15, -0.1) is 0 Å². The molecule has 4 nitrogen and oxygen atoms in total. The number of benzene rings is 2. The number of nitrogens with two attached hydrogens (primary N) is 1. The lowest BCUT2D eigenvalue weighted by Gasteiger charge is -2.29. The number of nitrogen functional groups attached to an aromatic ring is 1. The van der Waals surface area contributed by atoms with Gasteiger partial charge in [-0.3, -0.25) is 5.84 Å². The average molecular weight is 425 g/mol. The Morgan fingerprint density at radius 2 is 1.73 bits per heavy atom. The summed E-state index contributed by atoms with van der Waals surface area (Å²) < 4.78 is 41.8. The number of hydrogen-bond acceptors (Lipinski definition) is 4. The summed E-state index contributed by atoms with van der Waals surface area (Å²) in [5.41, 5.74) is 0.284. The van der Waals surface area contributed by atoms with Crippen molar-refractivity contribution >= 4 is 46.2 Å². The molecule has 1 aliphatic heterocycles. The lowest BCUT2D eigenvalue weighted by Crippen LogP contribution is -2.42. The Hall–Kier alpha value is -1.67. The highest BCUT2D eigenvalue weighted by Crippen LogP contribution is 2.49. The molecule has 1 atom stereocenters. The van der Waals surface area contributed by atoms with Crippen LogP contribution in [0.2, 0.25) is 15.1 Å². The monoisotopic (exact) mass is 423 g/mol. The van der Waals surface area contributed by atoms with Crippen LogP contribution in [0, 0.1) is 0 Å². The third-order valence-electron chi connectivity index (χ3n) is 3.97. The quantitative estimate of drug-likeness (QED) is 0.504. The Labute approximate surface area is 161 Å². The van der Waals surface area contributed by atoms with E-state index < -0.39 is 18.2 Å². The largest absolute Gasteiger partial charge is 0.435 e. The number of anilines is 1. The zero-order chi connectivity index (χ0) is 19.1. The molecule has 0 aliphatic carbocycles. The van der Waals surface area contributed by atoms with Gasteiger partial charge in [-0.05, 0) is 30.3 Å². The fourth-order valence-corrected chi connectivity index (χ4v) is 3.36. The summed E-state index contributed by atoms with van der Waals surface area (Å²) in [7, 11) is 0. The van der Waals surface area contributed by atoms with Crippen molar-refractivity contribution in [1.29, 1.82) is 0 Å². The van der Waals surface area contributed by atoms with Crippen LogP contribution in [0.15, 0.2) is 41.6 Å². The van der Waals surface area contributed by atoms with E-state index in [1.807, 2.05) is 0 Å². The average Bonchev–Trinajstić information content (AvgIpc) is 3.01. The SMILES string of the molecule is NNc1cc(C2=NOC(c3cc(Cl)cc(Cl)c3)(C(F)(F)F)C2)ccc1Cl. The molecule has 0 radical (unpaired) electrons. The molecule has 0 bridgehead atoms. The first-order valence-electron chi connectivity index (χ1n) is 7.21. The van der Waals surface area contributed by atoms with Crippen LogP contribution < -0.4 is 11.3 Å². The number of oxime groups is 1. The molecule has 0 aromatic heterocycles. The molecular formula is C16H11Cl3F3N3O. The smallest absolute Gasteiger partial charge is 0.374 e. The molecule has 1 heterocycles. The van der Waals surface area contributed by atoms with Crippen molar-refractivity contribution in [3.05, 3.63) is 62.6 Å². The van der Waals surface area contributed by atoms with Crippen LogP contribution in [0.5, 0.6) is 0 Å². The highest BCUT2D eigenvalue weighted by Gasteiger charge is 2.62. The van der Waals surface area contributed by atoms with Crippen LogP contribution >= 0.6 is 34.8 Å². The molecule has 0 saturated carbocycles. The second-order valence-corrected chi connectivity index (χ2v) is 6.91. The van der Waals surface area contributed by atoms with Crippen molar-refractivity contribution < 1.29 is 18.0 Å². The summed E-state index contributed by atoms with van der Waals surface area (Å²) in [6, 6.07) is 8.18. The van der Waals surface area contributed by atoms with Gasteiger partial charge in [0, 0.05) is 27.6 Å². The molecule has 1 aliphatic rings. The van der Waals surface area contributed by atoms with E-state index in [9.17, 15) is 13.2 Å². The van der Waals surface area contributed by atoms with E-state index in [2.05, 4.69) is 10.6 Å². The number of hydrazine groups is 1. The van der Waals surface area contributed by atoms with Crippen molar-refractivity contribution in [3.8, 4) is 0 Å². The summed E-state index contributed by atoms with van der Waals surface area (Å²) in [5, 5.41) is 4.11. The molecule has 1 unspecified atom stereocenters. The Kier molecular flexibility index (Phi) is 5.00. The van der Waals surface area contributed by atoms with E-state index in [1.165, 1.54) is 24.3 Å². The van der Waals surface area contributed by atoms with E-state index in [0.717, 1.165) is 12.1 Å². The molecule has 10 heteroatoms. The van der Waals surface area contributed by atoms with Crippen LogP contribution in [0.4, 0.5) is 18.9 Å². The van der Waals surface area contributed by atoms with Gasteiger partial charge in [0.25, 0.3) is 5.60 Å². The lowest BCUT2D eigenvalue weighted by atomic mass is 9.86. The maximum atomic E-state index is 13.9. The second-order valence-electron chi connectivity index (χ2n) is 5.63. The van der Waals surface area contributed by atoms with Crippen molar-refractivity contribution in [2.75, 3.05) is 5.43 Å². The van der Waals surface area contributed by atoms with Crippen molar-refractivity contribution in [3.63, 3.8) is 0 Å². The Balaban J connectivity index is 2.04. The molecule has 0 fully saturated rings. The van der Waals surface area contributed by atoms with Gasteiger partial charge >= 0.3 is 6.18 Å². The van der Waals surface area contributed by atoms with Crippen LogP contribution in [0.25, 0.3) is 0 Å². The number of hydrogen-bond donors (Lipinski definition) is 2. The third-order valence-corrected chi connectivity index (χ3v) is 4.74. The van der Waals surface area contributed by atoms with Gasteiger partial charge in [-0.1, -0.05) is 46.0 Å². The molecule has 3 N–H and O–H groups in total. The van der Waals surface area contributed by atoms with E-state index in [-0.39, 0.29) is 21.3 Å². The topological polar surface area (TPSA) is 59.6 Å². The predicted octanol–water partition coefficient (Wildman–Crippen LogP) is 5.51. The zero-order valence-electron chi connectivity index (χ0n) is 12.9. The van der Waals surface area contributed by atoms with Gasteiger partial charge in [-0.25, -0.2) is 0 Å². The summed E-state index contributed by atoms with van der Waals surface area (Å²) in [5.74, 6) is 5.35. The normalized spacial score (nSPS) is 19.9. The molecule has 138 valence electrons. The number of nitrogens with one attached hydrogen (secondary N) is 1. The summed E-state index contributed by atoms with van der Waals surface area (Å²) in [6.45, 7) is 0. The standard InChI is InChI=1S/C16H11Cl3F3N3O/c17-10-4-9(5-11(18)6-10)15(16(20,21)22)7-14(25-26-15)8-1-2-12(19)13(3-8)24-23/h1-6,24H,7,23H2. The van der Waals surface area contributed by atoms with Gasteiger partial charge in [-0.2, -0.15) is 13.2 Å². The Morgan fingerprint density at radius 1 is 1.08 bits per heavy atom. The first-order chi connectivity index (χ1) is 12.2. The maximum absolute atomic E-state index is 13.9. The third kappa shape index (κ3) is 3.32. The van der Waals surface area contributed by atoms with Crippen LogP contribution in [0.3, 0.4) is 0 Å². The molecule has 0 spiro atoms. The van der Waals surface area contributed by atoms with Crippen LogP contribution in [-0.2, 0) is 10.4 Å². The minimum Gasteiger partial charge on any atom is -0.374 e. The zero-order valence-corrected chi connectivity index (χ0v) is 15.1. The first kappa shape index (κ1) is 19.1. The van der Waals surface area contributed by atoms with Crippen LogP contribution in [0.1, 0.15) is 17.5 Å². The van der Waals surface area contributed by atoms with Crippen molar-refractivity contribution in [1.82, 2.24) is 0 Å². The van der Waals surface area contributed by atoms with Gasteiger partial charge in [0.1, 0.15) is 0 Å². The van der Waals surface area contributed by atoms with Gasteiger partial charge in [0.05, 0.1) is 16.4 Å². The first-order valence-corrected chi connectivity index (χ1v) is 8.34. The highest BCUT2D eigenvalue weighted by molar-refractivity contribution is 6.34. The van der Waals surface area contributed by atoms with Crippen molar-refractivity contribution in [2.24, 2.45) is 11.0 Å². The van der Waals surface area contributed by atoms with Crippen molar-refractivity contribution in [2.45, 2.75) is 18.2 Å². The minimum atomic E-state index is -4.76. The van der Waals surface area contributed by atoms with E-state index in [1.54, 1.807) is 0 Å². The molecule has 2 aromatic rings. The fourth-order valence-electron chi connectivity index (χ4n) is 2.66. The summed E-state index contributed by atoms with van der Waals surface area (Å²) >= 11 is 17.7. The molecule has 26 heavy (non-hydrogen) atoms. The summed E-state index contributed by atoms with van der Waals surface area (Å²) in [6.07, 6.45) is -5.31. The number of nitrogens with zero attached hydrogens (tertiary/aromatic N) is 1. The highest BCUT2D eigenvalue weighted by atomic mass is 35.5. The second kappa shape index (κ2) is 6.81. The molecule has 0 amide bonds. The number of alkyl halides is 3. The van der Waals surface area contributed by atoms with Gasteiger partial charge in [0.2, 0.25) is 0 Å². The molecule has 0 saturated heterocycles. The predicted molar refractivity (Wildman–Crippen MR) is 95.7 cm³/mol. The van der Waals surface area contributed by atoms with E-state index in [4.69, 9.17) is 45.5 Å². The molecule has 2 aromatic carbocycles. The van der Waals surface area contributed by atoms with Gasteiger partial charge in [0.15, 0.2) is 0 Å². The molecular weight excluding hydrogens is 414 g/mol. The molecule has 3 rings (SSSR count). The fraction of sp³-hybridized carbons (Fsp3) is 0.188. The van der Waals surface area contributed by atoms with Gasteiger partial charge < -0.3 is 10.3 Å². The van der Waals surface area contributed by atoms with E-state index >= 15 is 0 Å². The minimum absolute atomic E-state index is 0.0642. The van der Waals surface area contributed by atoms with Crippen LogP contribution in [-0.4, -0.2) is 11.9 Å². The lowest BCUT2D eigenvalue weighted by molar-refractivity contribution is -0.275. The summed E-state index contributed by atoms with van der Waals surface area (Å²) in [4.78, 5) is 4.93. The maximum Gasteiger partial charge on any atom is 0.435 e.